The summed E-state index contributed by atoms with van der Waals surface area (Å²) in [4.78, 5) is 34.0. The van der Waals surface area contributed by atoms with Crippen molar-refractivity contribution in [2.75, 3.05) is 42.9 Å². The van der Waals surface area contributed by atoms with E-state index >= 15 is 0 Å². The van der Waals surface area contributed by atoms with Crippen LogP contribution >= 0.6 is 11.3 Å². The first kappa shape index (κ1) is 22.7. The van der Waals surface area contributed by atoms with E-state index in [4.69, 9.17) is 15.2 Å². The molecule has 11 heteroatoms. The van der Waals surface area contributed by atoms with Crippen LogP contribution in [0.2, 0.25) is 0 Å². The molecule has 1 aromatic carbocycles. The van der Waals surface area contributed by atoms with Crippen LogP contribution in [0.4, 0.5) is 28.6 Å². The molecule has 0 saturated heterocycles. The fraction of sp³-hybridized carbons (Fsp3) is 0.208. The van der Waals surface area contributed by atoms with Gasteiger partial charge >= 0.3 is 0 Å². The minimum atomic E-state index is -0.485. The van der Waals surface area contributed by atoms with E-state index in [1.807, 2.05) is 18.2 Å². The number of hydrogen-bond acceptors (Lipinski definition) is 8. The van der Waals surface area contributed by atoms with Crippen molar-refractivity contribution in [1.29, 1.82) is 0 Å². The van der Waals surface area contributed by atoms with Crippen molar-refractivity contribution in [3.8, 4) is 5.75 Å². The first-order valence-electron chi connectivity index (χ1n) is 10.9. The average molecular weight is 493 g/mol. The number of aromatic nitrogens is 2. The minimum absolute atomic E-state index is 0.0284. The highest BCUT2D eigenvalue weighted by atomic mass is 32.1. The Morgan fingerprint density at radius 3 is 2.80 bits per heavy atom. The number of fused-ring (bicyclic) bond motifs is 2. The monoisotopic (exact) mass is 492 g/mol. The number of H-pyrrole nitrogens is 1. The highest BCUT2D eigenvalue weighted by Gasteiger charge is 2.26. The van der Waals surface area contributed by atoms with E-state index in [9.17, 15) is 9.59 Å². The molecule has 2 amide bonds. The van der Waals surface area contributed by atoms with Crippen molar-refractivity contribution in [3.05, 3.63) is 52.5 Å². The largest absolute Gasteiger partial charge is 0.495 e. The lowest BCUT2D eigenvalue weighted by Gasteiger charge is -2.19. The van der Waals surface area contributed by atoms with Crippen LogP contribution in [-0.2, 0) is 16.0 Å². The quantitative estimate of drug-likeness (QED) is 0.294. The number of amides is 2. The van der Waals surface area contributed by atoms with Crippen LogP contribution in [0.5, 0.6) is 5.75 Å². The van der Waals surface area contributed by atoms with Gasteiger partial charge in [0.15, 0.2) is 0 Å². The first-order valence-corrected chi connectivity index (χ1v) is 11.7. The molecular formula is C24H24N6O4S. The van der Waals surface area contributed by atoms with Gasteiger partial charge in [-0.25, -0.2) is 0 Å². The molecule has 5 N–H and O–H groups in total. The van der Waals surface area contributed by atoms with Crippen LogP contribution < -0.4 is 26.0 Å². The molecule has 0 atom stereocenters. The summed E-state index contributed by atoms with van der Waals surface area (Å²) in [6, 6.07) is 7.62. The number of primary amides is 1. The SMILES string of the molecule is COCC(=O)N1CCc2cc(OC)c(Nc3cc4c(Nc5ccsc5C(N)=O)cncc4[nH]3)cc21. The molecule has 0 bridgehead atoms. The van der Waals surface area contributed by atoms with Crippen LogP contribution in [0.25, 0.3) is 10.9 Å². The lowest BCUT2D eigenvalue weighted by atomic mass is 10.1. The van der Waals surface area contributed by atoms with Gasteiger partial charge in [-0.3, -0.25) is 14.6 Å². The zero-order chi connectivity index (χ0) is 24.5. The number of methoxy groups -OCH3 is 2. The average Bonchev–Trinajstić information content (AvgIpc) is 3.57. The molecule has 0 radical (unpaired) electrons. The number of carbonyl (C=O) groups is 2. The Morgan fingerprint density at radius 2 is 2.03 bits per heavy atom. The van der Waals surface area contributed by atoms with Crippen LogP contribution in [0.15, 0.2) is 42.0 Å². The Labute approximate surface area is 205 Å². The Morgan fingerprint density at radius 1 is 1.17 bits per heavy atom. The highest BCUT2D eigenvalue weighted by Crippen LogP contribution is 2.39. The molecule has 180 valence electrons. The third-order valence-electron chi connectivity index (χ3n) is 5.84. The fourth-order valence-electron chi connectivity index (χ4n) is 4.25. The normalized spacial score (nSPS) is 12.6. The number of nitrogens with one attached hydrogen (secondary N) is 3. The molecule has 35 heavy (non-hydrogen) atoms. The van der Waals surface area contributed by atoms with Gasteiger partial charge in [-0.05, 0) is 41.6 Å². The van der Waals surface area contributed by atoms with Gasteiger partial charge in [-0.2, -0.15) is 0 Å². The smallest absolute Gasteiger partial charge is 0.260 e. The lowest BCUT2D eigenvalue weighted by molar-refractivity contribution is -0.122. The first-order chi connectivity index (χ1) is 17.0. The van der Waals surface area contributed by atoms with E-state index in [1.165, 1.54) is 18.4 Å². The number of carbonyl (C=O) groups excluding carboxylic acids is 2. The lowest BCUT2D eigenvalue weighted by Crippen LogP contribution is -2.32. The summed E-state index contributed by atoms with van der Waals surface area (Å²) in [6.07, 6.45) is 4.17. The Balaban J connectivity index is 1.47. The second-order valence-electron chi connectivity index (χ2n) is 8.02. The predicted molar refractivity (Wildman–Crippen MR) is 136 cm³/mol. The summed E-state index contributed by atoms with van der Waals surface area (Å²) >= 11 is 1.28. The number of benzene rings is 1. The van der Waals surface area contributed by atoms with Gasteiger partial charge in [-0.1, -0.05) is 0 Å². The van der Waals surface area contributed by atoms with Crippen LogP contribution in [0, 0.1) is 0 Å². The molecule has 4 heterocycles. The Kier molecular flexibility index (Phi) is 6.01. The standard InChI is InChI=1S/C24H24N6O4S/c1-33-12-22(31)30-5-3-13-7-20(34-2)16(9-19(13)30)28-21-8-14-17(10-26-11-18(14)29-21)27-15-4-6-35-23(15)24(25)32/h4,6-11,27-29H,3,5,12H2,1-2H3,(H2,25,32). The topological polar surface area (TPSA) is 135 Å². The van der Waals surface area contributed by atoms with Crippen LogP contribution in [-0.4, -0.2) is 49.2 Å². The molecular weight excluding hydrogens is 468 g/mol. The van der Waals surface area contributed by atoms with Crippen molar-refractivity contribution >= 4 is 62.6 Å². The number of hydrogen-bond donors (Lipinski definition) is 4. The second kappa shape index (κ2) is 9.28. The summed E-state index contributed by atoms with van der Waals surface area (Å²) in [6.45, 7) is 0.633. The van der Waals surface area contributed by atoms with E-state index in [2.05, 4.69) is 20.6 Å². The molecule has 0 aliphatic carbocycles. The van der Waals surface area contributed by atoms with Gasteiger partial charge < -0.3 is 35.7 Å². The number of pyridine rings is 1. The van der Waals surface area contributed by atoms with Crippen molar-refractivity contribution in [2.45, 2.75) is 6.42 Å². The maximum absolute atomic E-state index is 12.5. The molecule has 10 nitrogen and oxygen atoms in total. The second-order valence-corrected chi connectivity index (χ2v) is 8.93. The fourth-order valence-corrected chi connectivity index (χ4v) is 4.95. The Hall–Kier alpha value is -4.09. The summed E-state index contributed by atoms with van der Waals surface area (Å²) < 4.78 is 10.6. The number of anilines is 5. The summed E-state index contributed by atoms with van der Waals surface area (Å²) in [7, 11) is 3.13. The molecule has 0 spiro atoms. The van der Waals surface area contributed by atoms with Gasteiger partial charge in [0.2, 0.25) is 0 Å². The van der Waals surface area contributed by atoms with E-state index in [0.717, 1.165) is 34.3 Å². The van der Waals surface area contributed by atoms with Gasteiger partial charge in [-0.15, -0.1) is 11.3 Å². The zero-order valence-electron chi connectivity index (χ0n) is 19.2. The molecule has 3 aromatic heterocycles. The number of nitrogens with zero attached hydrogens (tertiary/aromatic N) is 2. The maximum Gasteiger partial charge on any atom is 0.260 e. The predicted octanol–water partition coefficient (Wildman–Crippen LogP) is 3.75. The summed E-state index contributed by atoms with van der Waals surface area (Å²) in [5.74, 6) is 0.811. The van der Waals surface area contributed by atoms with Gasteiger partial charge in [0.05, 0.1) is 42.1 Å². The third kappa shape index (κ3) is 4.27. The molecule has 1 aliphatic heterocycles. The van der Waals surface area contributed by atoms with Crippen molar-refractivity contribution < 1.29 is 19.1 Å². The number of nitrogens with two attached hydrogens (primary N) is 1. The Bertz CT molecular complexity index is 1430. The van der Waals surface area contributed by atoms with Gasteiger partial charge in [0.1, 0.15) is 23.1 Å². The van der Waals surface area contributed by atoms with Crippen molar-refractivity contribution in [2.24, 2.45) is 5.73 Å². The van der Waals surface area contributed by atoms with Gasteiger partial charge in [0.25, 0.3) is 11.8 Å². The molecule has 4 aromatic rings. The molecule has 1 aliphatic rings. The number of ether oxygens (including phenoxy) is 2. The zero-order valence-corrected chi connectivity index (χ0v) is 20.0. The van der Waals surface area contributed by atoms with E-state index in [-0.39, 0.29) is 12.5 Å². The molecule has 0 fully saturated rings. The summed E-state index contributed by atoms with van der Waals surface area (Å²) in [5.41, 5.74) is 10.2. The third-order valence-corrected chi connectivity index (χ3v) is 6.77. The van der Waals surface area contributed by atoms with Crippen molar-refractivity contribution in [1.82, 2.24) is 9.97 Å². The highest BCUT2D eigenvalue weighted by molar-refractivity contribution is 7.12. The van der Waals surface area contributed by atoms with E-state index in [1.54, 1.807) is 35.8 Å². The van der Waals surface area contributed by atoms with Crippen LogP contribution in [0.1, 0.15) is 15.2 Å². The van der Waals surface area contributed by atoms with Crippen molar-refractivity contribution in [3.63, 3.8) is 0 Å². The molecule has 5 rings (SSSR count). The van der Waals surface area contributed by atoms with Crippen LogP contribution in [0.3, 0.4) is 0 Å². The van der Waals surface area contributed by atoms with Gasteiger partial charge in [0, 0.05) is 24.7 Å². The maximum atomic E-state index is 12.5. The minimum Gasteiger partial charge on any atom is -0.495 e. The molecule has 0 unspecified atom stereocenters. The van der Waals surface area contributed by atoms with E-state index < -0.39 is 5.91 Å². The molecule has 0 saturated carbocycles. The van der Waals surface area contributed by atoms with E-state index in [0.29, 0.717) is 34.4 Å². The number of thiophene rings is 1. The number of aromatic amines is 1. The summed E-state index contributed by atoms with van der Waals surface area (Å²) in [5, 5.41) is 9.31. The number of rotatable bonds is 8.